The molecule has 5 rings (SSSR count). The van der Waals surface area contributed by atoms with Crippen LogP contribution in [-0.2, 0) is 28.7 Å². The van der Waals surface area contributed by atoms with Gasteiger partial charge in [-0.3, -0.25) is 0 Å². The second-order valence-corrected chi connectivity index (χ2v) is 13.6. The summed E-state index contributed by atoms with van der Waals surface area (Å²) in [7, 11) is 0. The first-order valence-electron chi connectivity index (χ1n) is 18.9. The summed E-state index contributed by atoms with van der Waals surface area (Å²) >= 11 is 0. The fourth-order valence-electron chi connectivity index (χ4n) is 4.83. The minimum Gasteiger partial charge on any atom is -0.459 e. The van der Waals surface area contributed by atoms with Crippen molar-refractivity contribution in [3.8, 4) is 45.3 Å². The van der Waals surface area contributed by atoms with Crippen LogP contribution in [0.5, 0.6) is 23.0 Å². The Morgan fingerprint density at radius 1 is 0.339 bits per heavy atom. The van der Waals surface area contributed by atoms with Crippen molar-refractivity contribution in [2.45, 2.75) is 27.7 Å². The Morgan fingerprint density at radius 2 is 0.597 bits per heavy atom. The van der Waals surface area contributed by atoms with E-state index in [-0.39, 0.29) is 30.1 Å². The van der Waals surface area contributed by atoms with Gasteiger partial charge in [0, 0.05) is 22.3 Å². The van der Waals surface area contributed by atoms with Crippen molar-refractivity contribution >= 4 is 35.8 Å². The van der Waals surface area contributed by atoms with Crippen molar-refractivity contribution in [2.75, 3.05) is 13.2 Å². The van der Waals surface area contributed by atoms with Gasteiger partial charge in [-0.15, -0.1) is 0 Å². The lowest BCUT2D eigenvalue weighted by Gasteiger charge is -2.08. The lowest BCUT2D eigenvalue weighted by molar-refractivity contribution is -0.140. The molecule has 0 aliphatic rings. The first-order valence-corrected chi connectivity index (χ1v) is 18.9. The van der Waals surface area contributed by atoms with E-state index in [4.69, 9.17) is 28.4 Å². The van der Waals surface area contributed by atoms with E-state index in [0.717, 1.165) is 22.3 Å². The predicted octanol–water partition coefficient (Wildman–Crippen LogP) is 9.65. The summed E-state index contributed by atoms with van der Waals surface area (Å²) in [6.07, 6.45) is 0. The molecule has 12 nitrogen and oxygen atoms in total. The van der Waals surface area contributed by atoms with Gasteiger partial charge in [-0.1, -0.05) is 74.8 Å². The summed E-state index contributed by atoms with van der Waals surface area (Å²) in [4.78, 5) is 70.5. The second-order valence-electron chi connectivity index (χ2n) is 13.6. The van der Waals surface area contributed by atoms with Crippen molar-refractivity contribution in [1.29, 1.82) is 0 Å². The highest BCUT2D eigenvalue weighted by Gasteiger charge is 2.13. The molecule has 0 heterocycles. The molecule has 5 aromatic carbocycles. The number of ether oxygens (including phenoxy) is 6. The van der Waals surface area contributed by atoms with E-state index in [2.05, 4.69) is 26.3 Å². The summed E-state index contributed by atoms with van der Waals surface area (Å²) in [6.45, 7) is 20.2. The first kappa shape index (κ1) is 46.6. The van der Waals surface area contributed by atoms with E-state index in [9.17, 15) is 28.8 Å². The van der Waals surface area contributed by atoms with Crippen LogP contribution in [0.3, 0.4) is 0 Å². The Labute approximate surface area is 359 Å². The first-order chi connectivity index (χ1) is 29.5. The van der Waals surface area contributed by atoms with Gasteiger partial charge in [0.15, 0.2) is 0 Å². The number of benzene rings is 5. The van der Waals surface area contributed by atoms with Gasteiger partial charge in [-0.2, -0.15) is 0 Å². The van der Waals surface area contributed by atoms with Gasteiger partial charge in [0.05, 0.1) is 11.1 Å². The smallest absolute Gasteiger partial charge is 0.343 e. The molecule has 0 spiro atoms. The molecule has 0 bridgehead atoms. The fraction of sp³-hybridized carbons (Fsp3) is 0.120. The quantitative estimate of drug-likeness (QED) is 0.0426. The minimum atomic E-state index is -0.605. The molecule has 0 saturated carbocycles. The molecule has 0 unspecified atom stereocenters. The lowest BCUT2D eigenvalue weighted by Crippen LogP contribution is -2.14. The van der Waals surface area contributed by atoms with Crippen LogP contribution < -0.4 is 18.9 Å². The zero-order valence-electron chi connectivity index (χ0n) is 34.7. The highest BCUT2D eigenvalue weighted by Crippen LogP contribution is 2.26. The monoisotopic (exact) mass is 836 g/mol. The van der Waals surface area contributed by atoms with Crippen molar-refractivity contribution in [3.63, 3.8) is 0 Å². The molecule has 0 N–H and O–H groups in total. The number of esters is 6. The molecular formula is C50H44O12. The number of rotatable bonds is 15. The molecule has 0 radical (unpaired) electrons. The van der Waals surface area contributed by atoms with E-state index >= 15 is 0 Å². The predicted molar refractivity (Wildman–Crippen MR) is 233 cm³/mol. The number of carbonyl (C=O) groups excluding carboxylic acids is 6. The van der Waals surface area contributed by atoms with Crippen LogP contribution in [0.2, 0.25) is 0 Å². The van der Waals surface area contributed by atoms with Gasteiger partial charge in [-0.05, 0) is 123 Å². The Morgan fingerprint density at radius 3 is 0.935 bits per heavy atom. The molecule has 0 saturated heterocycles. The largest absolute Gasteiger partial charge is 0.459 e. The Bertz CT molecular complexity index is 2410. The molecular weight excluding hydrogens is 793 g/mol. The van der Waals surface area contributed by atoms with E-state index in [1.54, 1.807) is 93.6 Å². The maximum Gasteiger partial charge on any atom is 0.343 e. The van der Waals surface area contributed by atoms with E-state index < -0.39 is 35.8 Å². The zero-order chi connectivity index (χ0) is 45.3. The van der Waals surface area contributed by atoms with Crippen LogP contribution in [0.25, 0.3) is 22.3 Å². The standard InChI is InChI=1S/C30H26O8.C20H18O4/c1-19(2)27(31)35-17-18-36-29(33)23-11-15-26(16-12-23)38-30(34)24-7-5-21(6-8-24)22-9-13-25(14-10-22)37-28(32)20(3)4;1-13(2)19(21)23-17-9-5-15(6-10-17)16-7-11-18(12-8-16)24-20(22)14(3)4/h5-16H,1,3,17-18H2,2,4H3;5-12H,1,3H2,2,4H3. The van der Waals surface area contributed by atoms with Crippen LogP contribution in [0.15, 0.2) is 170 Å². The van der Waals surface area contributed by atoms with Gasteiger partial charge in [-0.25, -0.2) is 28.8 Å². The van der Waals surface area contributed by atoms with Gasteiger partial charge in [0.1, 0.15) is 36.2 Å². The van der Waals surface area contributed by atoms with Crippen LogP contribution in [0, 0.1) is 0 Å². The average molecular weight is 837 g/mol. The number of hydrogen-bond donors (Lipinski definition) is 0. The molecule has 0 aliphatic carbocycles. The maximum absolute atomic E-state index is 12.5. The molecule has 62 heavy (non-hydrogen) atoms. The van der Waals surface area contributed by atoms with Crippen LogP contribution in [0.4, 0.5) is 0 Å². The third-order valence-electron chi connectivity index (χ3n) is 8.23. The Hall–Kier alpha value is -8.12. The van der Waals surface area contributed by atoms with Gasteiger partial charge in [0.25, 0.3) is 0 Å². The van der Waals surface area contributed by atoms with E-state index in [1.165, 1.54) is 31.2 Å². The molecule has 0 aliphatic heterocycles. The van der Waals surface area contributed by atoms with Crippen LogP contribution >= 0.6 is 0 Å². The molecule has 0 fully saturated rings. The topological polar surface area (TPSA) is 158 Å². The SMILES string of the molecule is C=C(C)C(=O)OCCOC(=O)c1ccc(OC(=O)c2ccc(-c3ccc(OC(=O)C(=C)C)cc3)cc2)cc1.C=C(C)C(=O)Oc1ccc(-c2ccc(OC(=O)C(=C)C)cc2)cc1. The van der Waals surface area contributed by atoms with Crippen molar-refractivity contribution in [2.24, 2.45) is 0 Å². The third-order valence-corrected chi connectivity index (χ3v) is 8.23. The zero-order valence-corrected chi connectivity index (χ0v) is 34.7. The van der Waals surface area contributed by atoms with Crippen LogP contribution in [0.1, 0.15) is 48.4 Å². The number of hydrogen-bond acceptors (Lipinski definition) is 12. The third kappa shape index (κ3) is 14.3. The summed E-state index contributed by atoms with van der Waals surface area (Å²) < 4.78 is 30.8. The normalized spacial score (nSPS) is 10.1. The summed E-state index contributed by atoms with van der Waals surface area (Å²) in [5.41, 5.74) is 5.48. The van der Waals surface area contributed by atoms with Gasteiger partial charge >= 0.3 is 35.8 Å². The molecule has 316 valence electrons. The summed E-state index contributed by atoms with van der Waals surface area (Å²) in [5, 5.41) is 0. The van der Waals surface area contributed by atoms with E-state index in [0.29, 0.717) is 39.5 Å². The molecule has 0 amide bonds. The maximum atomic E-state index is 12.5. The fourth-order valence-corrected chi connectivity index (χ4v) is 4.83. The highest BCUT2D eigenvalue weighted by atomic mass is 16.6. The summed E-state index contributed by atoms with van der Waals surface area (Å²) in [5.74, 6) is -1.54. The Kier molecular flexibility index (Phi) is 16.8. The highest BCUT2D eigenvalue weighted by molar-refractivity contribution is 5.93. The molecule has 5 aromatic rings. The van der Waals surface area contributed by atoms with Crippen LogP contribution in [-0.4, -0.2) is 49.0 Å². The molecule has 12 heteroatoms. The van der Waals surface area contributed by atoms with Crippen molar-refractivity contribution < 1.29 is 57.2 Å². The summed E-state index contributed by atoms with van der Waals surface area (Å²) in [6, 6.07) is 33.9. The molecule has 0 atom stereocenters. The van der Waals surface area contributed by atoms with Gasteiger partial charge in [0.2, 0.25) is 0 Å². The Balaban J connectivity index is 0.000000302. The number of carbonyl (C=O) groups is 6. The average Bonchev–Trinajstić information content (AvgIpc) is 3.26. The van der Waals surface area contributed by atoms with E-state index in [1.807, 2.05) is 24.3 Å². The van der Waals surface area contributed by atoms with Gasteiger partial charge < -0.3 is 28.4 Å². The molecule has 0 aromatic heterocycles. The van der Waals surface area contributed by atoms with Crippen molar-refractivity contribution in [3.05, 3.63) is 181 Å². The second kappa shape index (κ2) is 22.3. The minimum absolute atomic E-state index is 0.0812. The lowest BCUT2D eigenvalue weighted by atomic mass is 10.0. The van der Waals surface area contributed by atoms with Crippen molar-refractivity contribution in [1.82, 2.24) is 0 Å².